The largest absolute Gasteiger partial charge is 0.392 e. The van der Waals surface area contributed by atoms with Gasteiger partial charge in [0.25, 0.3) is 0 Å². The number of aliphatic hydroxyl groups excluding tert-OH is 1. The Bertz CT molecular complexity index is 1120. The third kappa shape index (κ3) is 6.41. The summed E-state index contributed by atoms with van der Waals surface area (Å²) in [6, 6.07) is 15.5. The Morgan fingerprint density at radius 2 is 1.75 bits per heavy atom. The Kier molecular flexibility index (Phi) is 8.92. The molecule has 3 N–H and O–H groups in total. The van der Waals surface area contributed by atoms with Crippen LogP contribution in [0.15, 0.2) is 53.7 Å². The van der Waals surface area contributed by atoms with Crippen molar-refractivity contribution in [3.63, 3.8) is 0 Å². The minimum Gasteiger partial charge on any atom is -0.392 e. The summed E-state index contributed by atoms with van der Waals surface area (Å²) in [5, 5.41) is 27.4. The number of aliphatic hydroxyl groups is 1. The summed E-state index contributed by atoms with van der Waals surface area (Å²) in [6.45, 7) is 5.01. The van der Waals surface area contributed by atoms with Crippen LogP contribution in [0, 0.1) is 5.92 Å². The van der Waals surface area contributed by atoms with E-state index in [1.54, 1.807) is 16.4 Å². The number of hydrogen-bond acceptors (Lipinski definition) is 8. The summed E-state index contributed by atoms with van der Waals surface area (Å²) in [5.41, 5.74) is 3.77. The molecule has 0 spiro atoms. The standard InChI is InChI=1S/C25H32N6O4S/c1-4-26-24(33)27-13-17-5-11-20(12-6-17)23-34-21(15-36-25-28-29-30-31(25)3)16(2)22(35-23)19-9-7-18(14-32)8-10-19/h5-12,16,21-23,32H,4,13-15H2,1-3H3,(H2,26,27,33)/t16-,21+,22+,23?/m0/s1. The summed E-state index contributed by atoms with van der Waals surface area (Å²) < 4.78 is 14.6. The Balaban J connectivity index is 1.51. The highest BCUT2D eigenvalue weighted by molar-refractivity contribution is 7.99. The number of urea groups is 1. The van der Waals surface area contributed by atoms with Crippen LogP contribution in [-0.4, -0.2) is 49.7 Å². The zero-order valence-electron chi connectivity index (χ0n) is 20.6. The van der Waals surface area contributed by atoms with E-state index in [2.05, 4.69) is 33.1 Å². The molecule has 0 radical (unpaired) electrons. The lowest BCUT2D eigenvalue weighted by molar-refractivity contribution is -0.268. The number of thioether (sulfide) groups is 1. The van der Waals surface area contributed by atoms with Crippen LogP contribution >= 0.6 is 11.8 Å². The SMILES string of the molecule is CCNC(=O)NCc1ccc(C2O[C@H](CSc3nnnn3C)[C@H](C)[C@H](c3ccc(CO)cc3)O2)cc1. The highest BCUT2D eigenvalue weighted by atomic mass is 32.2. The number of benzene rings is 2. The van der Waals surface area contributed by atoms with Gasteiger partial charge in [-0.1, -0.05) is 67.2 Å². The molecule has 4 rings (SSSR count). The van der Waals surface area contributed by atoms with E-state index in [1.165, 1.54) is 0 Å². The van der Waals surface area contributed by atoms with Gasteiger partial charge in [-0.25, -0.2) is 9.48 Å². The van der Waals surface area contributed by atoms with Gasteiger partial charge < -0.3 is 25.2 Å². The second-order valence-corrected chi connectivity index (χ2v) is 9.66. The van der Waals surface area contributed by atoms with Crippen LogP contribution in [0.4, 0.5) is 4.79 Å². The molecule has 11 heteroatoms. The lowest BCUT2D eigenvalue weighted by Gasteiger charge is -2.41. The van der Waals surface area contributed by atoms with Gasteiger partial charge in [-0.05, 0) is 34.0 Å². The topological polar surface area (TPSA) is 123 Å². The first-order chi connectivity index (χ1) is 17.5. The maximum Gasteiger partial charge on any atom is 0.315 e. The van der Waals surface area contributed by atoms with Crippen molar-refractivity contribution >= 4 is 17.8 Å². The van der Waals surface area contributed by atoms with Crippen LogP contribution < -0.4 is 10.6 Å². The molecule has 1 aliphatic heterocycles. The van der Waals surface area contributed by atoms with Gasteiger partial charge in [-0.15, -0.1) is 5.10 Å². The quantitative estimate of drug-likeness (QED) is 0.374. The van der Waals surface area contributed by atoms with E-state index < -0.39 is 6.29 Å². The zero-order valence-corrected chi connectivity index (χ0v) is 21.4. The fraction of sp³-hybridized carbons (Fsp3) is 0.440. The smallest absolute Gasteiger partial charge is 0.315 e. The molecule has 0 bridgehead atoms. The van der Waals surface area contributed by atoms with E-state index >= 15 is 0 Å². The number of rotatable bonds is 9. The minimum absolute atomic E-state index is 0.000591. The maximum atomic E-state index is 11.7. The van der Waals surface area contributed by atoms with Crippen molar-refractivity contribution in [1.82, 2.24) is 30.8 Å². The van der Waals surface area contributed by atoms with Gasteiger partial charge in [-0.2, -0.15) is 0 Å². The van der Waals surface area contributed by atoms with Gasteiger partial charge in [0.2, 0.25) is 5.16 Å². The van der Waals surface area contributed by atoms with Crippen LogP contribution in [-0.2, 0) is 29.7 Å². The monoisotopic (exact) mass is 512 g/mol. The number of nitrogens with one attached hydrogen (secondary N) is 2. The molecule has 36 heavy (non-hydrogen) atoms. The van der Waals surface area contributed by atoms with Crippen molar-refractivity contribution in [3.8, 4) is 0 Å². The molecule has 1 fully saturated rings. The summed E-state index contributed by atoms with van der Waals surface area (Å²) >= 11 is 1.55. The number of amides is 2. The number of tetrazole rings is 1. The predicted molar refractivity (Wildman–Crippen MR) is 135 cm³/mol. The molecular formula is C25H32N6O4S. The number of hydrogen-bond donors (Lipinski definition) is 3. The molecule has 1 aliphatic rings. The molecular weight excluding hydrogens is 480 g/mol. The molecule has 0 aliphatic carbocycles. The number of carbonyl (C=O) groups is 1. The van der Waals surface area contributed by atoms with E-state index in [-0.39, 0.29) is 30.8 Å². The maximum absolute atomic E-state index is 11.7. The number of ether oxygens (including phenoxy) is 2. The van der Waals surface area contributed by atoms with Crippen molar-refractivity contribution in [1.29, 1.82) is 0 Å². The van der Waals surface area contributed by atoms with Crippen molar-refractivity contribution in [2.24, 2.45) is 13.0 Å². The molecule has 2 aromatic carbocycles. The van der Waals surface area contributed by atoms with Crippen molar-refractivity contribution in [2.75, 3.05) is 12.3 Å². The lowest BCUT2D eigenvalue weighted by atomic mass is 9.91. The molecule has 4 atom stereocenters. The van der Waals surface area contributed by atoms with Crippen molar-refractivity contribution in [2.45, 2.75) is 50.7 Å². The minimum atomic E-state index is -0.558. The molecule has 192 valence electrons. The number of nitrogens with zero attached hydrogens (tertiary/aromatic N) is 4. The third-order valence-corrected chi connectivity index (χ3v) is 7.22. The summed E-state index contributed by atoms with van der Waals surface area (Å²) in [5.74, 6) is 0.727. The molecule has 1 unspecified atom stereocenters. The van der Waals surface area contributed by atoms with Gasteiger partial charge in [0.1, 0.15) is 0 Å². The number of aryl methyl sites for hydroxylation is 1. The van der Waals surface area contributed by atoms with Gasteiger partial charge in [0, 0.05) is 37.4 Å². The van der Waals surface area contributed by atoms with Crippen LogP contribution in [0.2, 0.25) is 0 Å². The van der Waals surface area contributed by atoms with E-state index in [0.29, 0.717) is 18.8 Å². The Labute approximate surface area is 214 Å². The summed E-state index contributed by atoms with van der Waals surface area (Å²) in [6.07, 6.45) is -0.872. The number of aromatic nitrogens is 4. The van der Waals surface area contributed by atoms with Crippen LogP contribution in [0.25, 0.3) is 0 Å². The Hall–Kier alpha value is -2.99. The fourth-order valence-electron chi connectivity index (χ4n) is 4.01. The molecule has 2 heterocycles. The zero-order chi connectivity index (χ0) is 25.5. The van der Waals surface area contributed by atoms with Crippen molar-refractivity contribution in [3.05, 3.63) is 70.8 Å². The van der Waals surface area contributed by atoms with E-state index in [4.69, 9.17) is 9.47 Å². The first kappa shape index (κ1) is 26.1. The molecule has 1 aromatic heterocycles. The fourth-order valence-corrected chi connectivity index (χ4v) is 5.02. The highest BCUT2D eigenvalue weighted by Gasteiger charge is 2.38. The third-order valence-electron chi connectivity index (χ3n) is 6.12. The van der Waals surface area contributed by atoms with Gasteiger partial charge >= 0.3 is 6.03 Å². The van der Waals surface area contributed by atoms with Crippen LogP contribution in [0.5, 0.6) is 0 Å². The van der Waals surface area contributed by atoms with E-state index in [0.717, 1.165) is 27.4 Å². The first-order valence-electron chi connectivity index (χ1n) is 11.9. The first-order valence-corrected chi connectivity index (χ1v) is 12.9. The van der Waals surface area contributed by atoms with Crippen LogP contribution in [0.3, 0.4) is 0 Å². The second-order valence-electron chi connectivity index (χ2n) is 8.67. The Morgan fingerprint density at radius 3 is 2.39 bits per heavy atom. The molecule has 1 saturated heterocycles. The lowest BCUT2D eigenvalue weighted by Crippen LogP contribution is -2.38. The second kappa shape index (κ2) is 12.3. The average molecular weight is 513 g/mol. The van der Waals surface area contributed by atoms with E-state index in [9.17, 15) is 9.90 Å². The van der Waals surface area contributed by atoms with Crippen molar-refractivity contribution < 1.29 is 19.4 Å². The number of carbonyl (C=O) groups excluding carboxylic acids is 1. The normalized spacial score (nSPS) is 21.8. The molecule has 3 aromatic rings. The average Bonchev–Trinajstić information content (AvgIpc) is 3.32. The van der Waals surface area contributed by atoms with Gasteiger partial charge in [0.05, 0.1) is 18.8 Å². The van der Waals surface area contributed by atoms with Gasteiger partial charge in [0.15, 0.2) is 6.29 Å². The molecule has 0 saturated carbocycles. The molecule has 2 amide bonds. The summed E-state index contributed by atoms with van der Waals surface area (Å²) in [4.78, 5) is 11.7. The molecule has 10 nitrogen and oxygen atoms in total. The predicted octanol–water partition coefficient (Wildman–Crippen LogP) is 3.11. The Morgan fingerprint density at radius 1 is 1.06 bits per heavy atom. The van der Waals surface area contributed by atoms with E-state index in [1.807, 2.05) is 62.5 Å². The summed E-state index contributed by atoms with van der Waals surface area (Å²) in [7, 11) is 1.81. The highest BCUT2D eigenvalue weighted by Crippen LogP contribution is 2.42. The van der Waals surface area contributed by atoms with Gasteiger partial charge in [-0.3, -0.25) is 0 Å². The van der Waals surface area contributed by atoms with Crippen LogP contribution in [0.1, 0.15) is 48.5 Å².